The van der Waals surface area contributed by atoms with Crippen LogP contribution in [0.2, 0.25) is 0 Å². The van der Waals surface area contributed by atoms with Gasteiger partial charge in [-0.05, 0) is 30.9 Å². The molecule has 1 rings (SSSR count). The third kappa shape index (κ3) is 13.1. The highest BCUT2D eigenvalue weighted by atomic mass is 32.2. The highest BCUT2D eigenvalue weighted by molar-refractivity contribution is 7.86. The van der Waals surface area contributed by atoms with E-state index in [0.717, 1.165) is 0 Å². The summed E-state index contributed by atoms with van der Waals surface area (Å²) in [4.78, 5) is 11.3. The number of carbonyl (C=O) groups excluding carboxylic acids is 1. The molecule has 0 amide bonds. The van der Waals surface area contributed by atoms with E-state index in [1.807, 2.05) is 0 Å². The van der Waals surface area contributed by atoms with Crippen LogP contribution in [0, 0.1) is 0 Å². The zero-order valence-corrected chi connectivity index (χ0v) is 19.4. The minimum absolute atomic E-state index is 0.0142. The molecule has 1 aliphatic carbocycles. The largest absolute Gasteiger partial charge is 0.491 e. The van der Waals surface area contributed by atoms with Crippen LogP contribution in [0.5, 0.6) is 0 Å². The summed E-state index contributed by atoms with van der Waals surface area (Å²) in [5, 5.41) is 0. The van der Waals surface area contributed by atoms with E-state index in [-0.39, 0.29) is 62.6 Å². The average molecular weight is 523 g/mol. The molecule has 0 aromatic heterocycles. The first-order valence-electron chi connectivity index (χ1n) is 9.33. The molecule has 32 heavy (non-hydrogen) atoms. The van der Waals surface area contributed by atoms with Crippen LogP contribution in [0.15, 0.2) is 23.2 Å². The molecule has 0 bridgehead atoms. The molecule has 0 spiro atoms. The number of aldehydes is 1. The van der Waals surface area contributed by atoms with Gasteiger partial charge in [-0.2, -0.15) is 25.3 Å². The smallest absolute Gasteiger partial charge is 0.264 e. The summed E-state index contributed by atoms with van der Waals surface area (Å²) >= 11 is 0. The van der Waals surface area contributed by atoms with E-state index in [9.17, 15) is 30.0 Å². The summed E-state index contributed by atoms with van der Waals surface area (Å²) < 4.78 is 108. The van der Waals surface area contributed by atoms with Gasteiger partial charge in [0.1, 0.15) is 12.4 Å². The Labute approximate surface area is 186 Å². The normalized spacial score (nSPS) is 17.7. The molecule has 16 heteroatoms. The van der Waals surface area contributed by atoms with Crippen molar-refractivity contribution in [2.45, 2.75) is 31.8 Å². The first-order valence-corrected chi connectivity index (χ1v) is 14.2. The fourth-order valence-corrected chi connectivity index (χ4v) is 4.02. The number of rotatable bonds is 16. The van der Waals surface area contributed by atoms with Crippen LogP contribution >= 0.6 is 0 Å². The van der Waals surface area contributed by atoms with Crippen molar-refractivity contribution in [1.29, 1.82) is 0 Å². The van der Waals surface area contributed by atoms with Gasteiger partial charge in [0.25, 0.3) is 30.4 Å². The van der Waals surface area contributed by atoms with E-state index in [1.165, 1.54) is 6.08 Å². The van der Waals surface area contributed by atoms with Gasteiger partial charge in [-0.15, -0.1) is 0 Å². The zero-order valence-electron chi connectivity index (χ0n) is 17.0. The van der Waals surface area contributed by atoms with Crippen molar-refractivity contribution in [3.8, 4) is 0 Å². The monoisotopic (exact) mass is 522 g/mol. The number of allylic oxidation sites excluding steroid dienone is 1. The first-order chi connectivity index (χ1) is 14.7. The summed E-state index contributed by atoms with van der Waals surface area (Å²) in [7, 11) is -12.6. The number of carbonyl (C=O) groups is 1. The maximum Gasteiger partial charge on any atom is 0.264 e. The van der Waals surface area contributed by atoms with E-state index in [4.69, 9.17) is 27.9 Å². The summed E-state index contributed by atoms with van der Waals surface area (Å²) in [6.45, 7) is -0.488. The van der Waals surface area contributed by atoms with E-state index in [2.05, 4.69) is 0 Å². The Hall–Kier alpha value is -1.56. The molecule has 0 saturated heterocycles. The van der Waals surface area contributed by atoms with Gasteiger partial charge in [-0.25, -0.2) is 0 Å². The summed E-state index contributed by atoms with van der Waals surface area (Å²) in [5.41, 5.74) is 0.236. The van der Waals surface area contributed by atoms with Crippen LogP contribution in [0.4, 0.5) is 0 Å². The molecule has 0 aromatic carbocycles. The van der Waals surface area contributed by atoms with E-state index in [1.54, 1.807) is 0 Å². The van der Waals surface area contributed by atoms with Crippen LogP contribution in [-0.2, 0) is 49.4 Å². The summed E-state index contributed by atoms with van der Waals surface area (Å²) in [6, 6.07) is 0. The van der Waals surface area contributed by atoms with Gasteiger partial charge in [0.2, 0.25) is 0 Å². The molecule has 1 atom stereocenters. The second-order valence-electron chi connectivity index (χ2n) is 6.74. The Morgan fingerprint density at radius 3 is 1.75 bits per heavy atom. The van der Waals surface area contributed by atoms with Crippen molar-refractivity contribution in [1.82, 2.24) is 0 Å². The Kier molecular flexibility index (Phi) is 11.2. The molecule has 0 unspecified atom stereocenters. The van der Waals surface area contributed by atoms with Crippen LogP contribution in [-0.4, -0.2) is 88.4 Å². The highest BCUT2D eigenvalue weighted by Gasteiger charge is 2.28. The number of hydrogen-bond donors (Lipinski definition) is 3. The van der Waals surface area contributed by atoms with E-state index in [0.29, 0.717) is 6.29 Å². The molecule has 0 aliphatic heterocycles. The number of ether oxygens (including phenoxy) is 3. The lowest BCUT2D eigenvalue weighted by Crippen LogP contribution is -2.26. The quantitative estimate of drug-likeness (QED) is 0.138. The van der Waals surface area contributed by atoms with Crippen molar-refractivity contribution >= 4 is 36.6 Å². The topological polar surface area (TPSA) is 208 Å². The Balaban J connectivity index is 2.94. The molecule has 13 nitrogen and oxygen atoms in total. The first kappa shape index (κ1) is 28.5. The average Bonchev–Trinajstić information content (AvgIpc) is 2.64. The van der Waals surface area contributed by atoms with Gasteiger partial charge in [0, 0.05) is 13.0 Å². The fourth-order valence-electron chi connectivity index (χ4n) is 2.57. The molecule has 1 aliphatic rings. The molecule has 3 N–H and O–H groups in total. The van der Waals surface area contributed by atoms with Crippen molar-refractivity contribution in [2.24, 2.45) is 0 Å². The van der Waals surface area contributed by atoms with Crippen LogP contribution in [0.1, 0.15) is 25.7 Å². The van der Waals surface area contributed by atoms with Crippen molar-refractivity contribution in [3.63, 3.8) is 0 Å². The second kappa shape index (κ2) is 12.6. The van der Waals surface area contributed by atoms with Gasteiger partial charge < -0.3 is 14.2 Å². The molecular formula is C16H26O13S3. The van der Waals surface area contributed by atoms with Gasteiger partial charge in [-0.3, -0.25) is 18.5 Å². The van der Waals surface area contributed by atoms with Crippen molar-refractivity contribution < 1.29 is 57.9 Å². The lowest BCUT2D eigenvalue weighted by Gasteiger charge is -2.27. The Morgan fingerprint density at radius 1 is 0.812 bits per heavy atom. The third-order valence-electron chi connectivity index (χ3n) is 3.90. The van der Waals surface area contributed by atoms with Gasteiger partial charge in [0.15, 0.2) is 11.5 Å². The fraction of sp³-hybridized carbons (Fsp3) is 0.688. The second-order valence-corrected chi connectivity index (χ2v) is 11.5. The molecule has 0 heterocycles. The van der Waals surface area contributed by atoms with E-state index < -0.39 is 53.7 Å². The standard InChI is InChI=1S/C16H26O13S3/c17-12-13-10-14(27-4-1-7-30(18,19)20)16(29-6-3-9-32(24,25)26)15(11-13)28-5-2-8-31(21,22)23/h10,12,15H,1-9,11H2,(H,18,19,20)(H,21,22,23)(H,24,25,26)/t15-/m1/s1. The highest BCUT2D eigenvalue weighted by Crippen LogP contribution is 2.28. The Bertz CT molecular complexity index is 1010. The predicted octanol–water partition coefficient (Wildman–Crippen LogP) is -0.0209. The maximum atomic E-state index is 11.3. The van der Waals surface area contributed by atoms with Gasteiger partial charge in [-0.1, -0.05) is 0 Å². The lowest BCUT2D eigenvalue weighted by atomic mass is 10.0. The third-order valence-corrected chi connectivity index (χ3v) is 6.31. The Morgan fingerprint density at radius 2 is 1.28 bits per heavy atom. The van der Waals surface area contributed by atoms with Crippen molar-refractivity contribution in [3.05, 3.63) is 23.2 Å². The zero-order chi connectivity index (χ0) is 24.4. The molecular weight excluding hydrogens is 496 g/mol. The van der Waals surface area contributed by atoms with Crippen LogP contribution in [0.3, 0.4) is 0 Å². The molecule has 0 radical (unpaired) electrons. The van der Waals surface area contributed by atoms with Crippen molar-refractivity contribution in [2.75, 3.05) is 37.1 Å². The molecule has 0 saturated carbocycles. The van der Waals surface area contributed by atoms with Crippen LogP contribution < -0.4 is 0 Å². The maximum absolute atomic E-state index is 11.3. The minimum Gasteiger partial charge on any atom is -0.491 e. The summed E-state index contributed by atoms with van der Waals surface area (Å²) in [6.07, 6.45) is 0.753. The molecule has 0 aromatic rings. The molecule has 186 valence electrons. The van der Waals surface area contributed by atoms with Gasteiger partial charge in [0.05, 0.1) is 30.5 Å². The lowest BCUT2D eigenvalue weighted by molar-refractivity contribution is -0.105. The molecule has 0 fully saturated rings. The van der Waals surface area contributed by atoms with E-state index >= 15 is 0 Å². The number of hydrogen-bond acceptors (Lipinski definition) is 10. The minimum atomic E-state index is -4.21. The van der Waals surface area contributed by atoms with Gasteiger partial charge >= 0.3 is 0 Å². The predicted molar refractivity (Wildman–Crippen MR) is 111 cm³/mol. The summed E-state index contributed by atoms with van der Waals surface area (Å²) in [5.74, 6) is -1.61. The van der Waals surface area contributed by atoms with Crippen LogP contribution in [0.25, 0.3) is 0 Å². The SMILES string of the molecule is O=CC1=CC(OCCCS(=O)(=O)O)=C(OCCCS(=O)(=O)O)[C@H](OCCCS(=O)(=O)O)C1.